The normalized spacial score (nSPS) is 12.1. The molecule has 0 spiro atoms. The summed E-state index contributed by atoms with van der Waals surface area (Å²) in [5.41, 5.74) is -0.121. The number of aromatic nitrogens is 1. The quantitative estimate of drug-likeness (QED) is 0.802. The van der Waals surface area contributed by atoms with Crippen LogP contribution < -0.4 is 5.56 Å². The van der Waals surface area contributed by atoms with E-state index in [9.17, 15) is 4.79 Å². The van der Waals surface area contributed by atoms with Crippen LogP contribution in [0.4, 0.5) is 0 Å². The van der Waals surface area contributed by atoms with Crippen LogP contribution in [0.1, 0.15) is 12.5 Å². The minimum atomic E-state index is -0.266. The summed E-state index contributed by atoms with van der Waals surface area (Å²) >= 11 is 8.93. The minimum Gasteiger partial charge on any atom is -0.313 e. The van der Waals surface area contributed by atoms with Crippen molar-refractivity contribution >= 4 is 27.5 Å². The summed E-state index contributed by atoms with van der Waals surface area (Å²) < 4.78 is 2.23. The molecular formula is C10H10BrClN2O. The molecule has 0 bridgehead atoms. The van der Waals surface area contributed by atoms with Gasteiger partial charge in [-0.05, 0) is 27.9 Å². The minimum absolute atomic E-state index is 0.145. The molecule has 0 aliphatic carbocycles. The molecule has 0 aliphatic rings. The molecule has 1 heterocycles. The summed E-state index contributed by atoms with van der Waals surface area (Å²) in [6.07, 6.45) is 1.67. The molecule has 15 heavy (non-hydrogen) atoms. The van der Waals surface area contributed by atoms with E-state index in [1.54, 1.807) is 6.20 Å². The van der Waals surface area contributed by atoms with Crippen molar-refractivity contribution in [2.24, 2.45) is 5.92 Å². The second-order valence-electron chi connectivity index (χ2n) is 3.40. The highest BCUT2D eigenvalue weighted by Crippen LogP contribution is 2.10. The van der Waals surface area contributed by atoms with Crippen LogP contribution in [0.5, 0.6) is 0 Å². The Morgan fingerprint density at radius 2 is 2.40 bits per heavy atom. The smallest absolute Gasteiger partial charge is 0.268 e. The van der Waals surface area contributed by atoms with Crippen molar-refractivity contribution in [3.05, 3.63) is 32.7 Å². The lowest BCUT2D eigenvalue weighted by Gasteiger charge is -2.10. The van der Waals surface area contributed by atoms with Crippen LogP contribution in [-0.2, 0) is 6.54 Å². The molecular weight excluding hydrogens is 279 g/mol. The van der Waals surface area contributed by atoms with E-state index in [-0.39, 0.29) is 17.0 Å². The maximum atomic E-state index is 11.7. The number of pyridine rings is 1. The second-order valence-corrected chi connectivity index (χ2v) is 4.63. The van der Waals surface area contributed by atoms with Crippen LogP contribution in [0.25, 0.3) is 0 Å². The Bertz CT molecular complexity index is 450. The lowest BCUT2D eigenvalue weighted by molar-refractivity contribution is 0.514. The van der Waals surface area contributed by atoms with E-state index in [4.69, 9.17) is 16.9 Å². The highest BCUT2D eigenvalue weighted by atomic mass is 79.9. The molecule has 1 aromatic rings. The first kappa shape index (κ1) is 12.3. The molecule has 0 aliphatic heterocycles. The standard InChI is InChI=1S/C10H10BrClN2O/c1-7(3-12)5-14-6-9(11)2-8(4-13)10(14)15/h2,6-7H,3,5H2,1H3. The van der Waals surface area contributed by atoms with Crippen LogP contribution in [0.3, 0.4) is 0 Å². The average molecular weight is 290 g/mol. The van der Waals surface area contributed by atoms with Gasteiger partial charge in [0.2, 0.25) is 0 Å². The van der Waals surface area contributed by atoms with E-state index in [0.717, 1.165) is 4.47 Å². The molecule has 1 unspecified atom stereocenters. The summed E-state index contributed by atoms with van der Waals surface area (Å²) in [4.78, 5) is 11.7. The second kappa shape index (κ2) is 5.34. The first-order valence-corrected chi connectivity index (χ1v) is 5.77. The number of hydrogen-bond donors (Lipinski definition) is 0. The van der Waals surface area contributed by atoms with Gasteiger partial charge in [-0.25, -0.2) is 0 Å². The Hall–Kier alpha value is -0.790. The van der Waals surface area contributed by atoms with Crippen LogP contribution in [0, 0.1) is 17.2 Å². The van der Waals surface area contributed by atoms with Crippen molar-refractivity contribution in [2.75, 3.05) is 5.88 Å². The van der Waals surface area contributed by atoms with Gasteiger partial charge < -0.3 is 4.57 Å². The van der Waals surface area contributed by atoms with E-state index in [2.05, 4.69) is 15.9 Å². The van der Waals surface area contributed by atoms with Crippen molar-refractivity contribution in [1.82, 2.24) is 4.57 Å². The van der Waals surface area contributed by atoms with Gasteiger partial charge in [-0.2, -0.15) is 5.26 Å². The average Bonchev–Trinajstić information content (AvgIpc) is 2.22. The van der Waals surface area contributed by atoms with Crippen molar-refractivity contribution in [3.63, 3.8) is 0 Å². The van der Waals surface area contributed by atoms with Gasteiger partial charge in [0.25, 0.3) is 5.56 Å². The zero-order valence-corrected chi connectivity index (χ0v) is 10.5. The maximum absolute atomic E-state index is 11.7. The molecule has 3 nitrogen and oxygen atoms in total. The Morgan fingerprint density at radius 3 is 2.93 bits per heavy atom. The Labute approximate surface area is 101 Å². The van der Waals surface area contributed by atoms with Crippen LogP contribution in [0.15, 0.2) is 21.5 Å². The van der Waals surface area contributed by atoms with E-state index < -0.39 is 0 Å². The van der Waals surface area contributed by atoms with Crippen molar-refractivity contribution in [3.8, 4) is 6.07 Å². The maximum Gasteiger partial charge on any atom is 0.268 e. The van der Waals surface area contributed by atoms with Gasteiger partial charge in [-0.3, -0.25) is 4.79 Å². The predicted octanol–water partition coefficient (Wildman–Crippen LogP) is 2.36. The lowest BCUT2D eigenvalue weighted by atomic mass is 10.2. The fourth-order valence-electron chi connectivity index (χ4n) is 1.20. The number of alkyl halides is 1. The molecule has 0 amide bonds. The molecule has 0 aromatic carbocycles. The van der Waals surface area contributed by atoms with Gasteiger partial charge in [-0.15, -0.1) is 11.6 Å². The summed E-state index contributed by atoms with van der Waals surface area (Å²) in [5, 5.41) is 8.75. The molecule has 1 aromatic heterocycles. The van der Waals surface area contributed by atoms with Gasteiger partial charge in [0.05, 0.1) is 0 Å². The topological polar surface area (TPSA) is 45.8 Å². The molecule has 1 rings (SSSR count). The van der Waals surface area contributed by atoms with Crippen molar-refractivity contribution < 1.29 is 0 Å². The number of nitrogens with zero attached hydrogens (tertiary/aromatic N) is 2. The Morgan fingerprint density at radius 1 is 1.73 bits per heavy atom. The largest absolute Gasteiger partial charge is 0.313 e. The lowest BCUT2D eigenvalue weighted by Crippen LogP contribution is -2.25. The van der Waals surface area contributed by atoms with Crippen molar-refractivity contribution in [2.45, 2.75) is 13.5 Å². The fourth-order valence-corrected chi connectivity index (χ4v) is 1.77. The number of hydrogen-bond acceptors (Lipinski definition) is 2. The zero-order chi connectivity index (χ0) is 11.4. The van der Waals surface area contributed by atoms with Gasteiger partial charge in [-0.1, -0.05) is 6.92 Å². The summed E-state index contributed by atoms with van der Waals surface area (Å²) in [6, 6.07) is 3.39. The van der Waals surface area contributed by atoms with Crippen LogP contribution in [-0.4, -0.2) is 10.4 Å². The van der Waals surface area contributed by atoms with E-state index in [1.165, 1.54) is 10.6 Å². The highest BCUT2D eigenvalue weighted by Gasteiger charge is 2.07. The molecule has 80 valence electrons. The van der Waals surface area contributed by atoms with Gasteiger partial charge >= 0.3 is 0 Å². The van der Waals surface area contributed by atoms with Gasteiger partial charge in [0.1, 0.15) is 11.6 Å². The summed E-state index contributed by atoms with van der Waals surface area (Å²) in [6.45, 7) is 2.48. The van der Waals surface area contributed by atoms with Crippen LogP contribution in [0.2, 0.25) is 0 Å². The SMILES string of the molecule is CC(CCl)Cn1cc(Br)cc(C#N)c1=O. The Balaban J connectivity index is 3.14. The van der Waals surface area contributed by atoms with Gasteiger partial charge in [0, 0.05) is 23.1 Å². The van der Waals surface area contributed by atoms with E-state index in [0.29, 0.717) is 12.4 Å². The summed E-state index contributed by atoms with van der Waals surface area (Å²) in [5.74, 6) is 0.686. The number of nitriles is 1. The predicted molar refractivity (Wildman–Crippen MR) is 63.0 cm³/mol. The third-order valence-electron chi connectivity index (χ3n) is 1.94. The fraction of sp³-hybridized carbons (Fsp3) is 0.400. The van der Waals surface area contributed by atoms with Crippen molar-refractivity contribution in [1.29, 1.82) is 5.26 Å². The van der Waals surface area contributed by atoms with E-state index in [1.807, 2.05) is 13.0 Å². The monoisotopic (exact) mass is 288 g/mol. The Kier molecular flexibility index (Phi) is 4.37. The van der Waals surface area contributed by atoms with Crippen LogP contribution >= 0.6 is 27.5 Å². The van der Waals surface area contributed by atoms with E-state index >= 15 is 0 Å². The molecule has 0 radical (unpaired) electrons. The van der Waals surface area contributed by atoms with Gasteiger partial charge in [0.15, 0.2) is 0 Å². The molecule has 1 atom stereocenters. The summed E-state index contributed by atoms with van der Waals surface area (Å²) in [7, 11) is 0. The molecule has 0 fully saturated rings. The zero-order valence-electron chi connectivity index (χ0n) is 8.20. The highest BCUT2D eigenvalue weighted by molar-refractivity contribution is 9.10. The third-order valence-corrected chi connectivity index (χ3v) is 2.91. The first-order chi connectivity index (χ1) is 7.08. The molecule has 0 N–H and O–H groups in total. The first-order valence-electron chi connectivity index (χ1n) is 4.44. The third kappa shape index (κ3) is 3.08. The number of halogens is 2. The number of rotatable bonds is 3. The molecule has 0 saturated carbocycles. The molecule has 0 saturated heterocycles. The molecule has 5 heteroatoms.